The van der Waals surface area contributed by atoms with E-state index in [1.807, 2.05) is 36.6 Å². The van der Waals surface area contributed by atoms with Crippen molar-refractivity contribution in [2.45, 2.75) is 25.9 Å². The van der Waals surface area contributed by atoms with Crippen molar-refractivity contribution in [1.82, 2.24) is 4.90 Å². The number of nitrogens with one attached hydrogen (secondary N) is 1. The molecule has 1 N–H and O–H groups in total. The molecule has 0 saturated carbocycles. The number of imide groups is 1. The number of urea groups is 1. The predicted octanol–water partition coefficient (Wildman–Crippen LogP) is 4.43. The van der Waals surface area contributed by atoms with E-state index >= 15 is 0 Å². The molecule has 4 rings (SSSR count). The first-order chi connectivity index (χ1) is 15.5. The maximum atomic E-state index is 13.3. The van der Waals surface area contributed by atoms with Gasteiger partial charge in [0.1, 0.15) is 11.8 Å². The number of carbonyl (C=O) groups is 3. The summed E-state index contributed by atoms with van der Waals surface area (Å²) >= 11 is 1.50. The molecule has 4 amide bonds. The third kappa shape index (κ3) is 4.50. The van der Waals surface area contributed by atoms with E-state index in [-0.39, 0.29) is 18.9 Å². The van der Waals surface area contributed by atoms with Crippen LogP contribution in [-0.2, 0) is 16.1 Å². The second-order valence-electron chi connectivity index (χ2n) is 7.50. The fraction of sp³-hybridized carbons (Fsp3) is 0.208. The Morgan fingerprint density at radius 2 is 1.78 bits per heavy atom. The van der Waals surface area contributed by atoms with Crippen molar-refractivity contribution in [3.05, 3.63) is 76.5 Å². The fourth-order valence-electron chi connectivity index (χ4n) is 3.58. The van der Waals surface area contributed by atoms with Gasteiger partial charge >= 0.3 is 6.03 Å². The normalized spacial score (nSPS) is 15.9. The first-order valence-electron chi connectivity index (χ1n) is 10.1. The van der Waals surface area contributed by atoms with Crippen LogP contribution in [0.5, 0.6) is 5.75 Å². The van der Waals surface area contributed by atoms with Gasteiger partial charge in [-0.2, -0.15) is 0 Å². The highest BCUT2D eigenvalue weighted by atomic mass is 32.1. The van der Waals surface area contributed by atoms with Crippen molar-refractivity contribution in [2.24, 2.45) is 0 Å². The predicted molar refractivity (Wildman–Crippen MR) is 124 cm³/mol. The monoisotopic (exact) mass is 449 g/mol. The van der Waals surface area contributed by atoms with Crippen molar-refractivity contribution < 1.29 is 19.1 Å². The van der Waals surface area contributed by atoms with Gasteiger partial charge in [0.25, 0.3) is 5.91 Å². The van der Waals surface area contributed by atoms with Crippen molar-refractivity contribution in [1.29, 1.82) is 0 Å². The van der Waals surface area contributed by atoms with Crippen LogP contribution in [0.25, 0.3) is 0 Å². The van der Waals surface area contributed by atoms with Gasteiger partial charge in [-0.1, -0.05) is 23.8 Å². The van der Waals surface area contributed by atoms with Gasteiger partial charge in [0, 0.05) is 10.6 Å². The number of aryl methyl sites for hydroxylation is 1. The molecular weight excluding hydrogens is 426 g/mol. The molecule has 8 heteroatoms. The molecule has 1 fully saturated rings. The maximum absolute atomic E-state index is 13.3. The van der Waals surface area contributed by atoms with Crippen molar-refractivity contribution in [3.63, 3.8) is 0 Å². The highest BCUT2D eigenvalue weighted by molar-refractivity contribution is 7.09. The summed E-state index contributed by atoms with van der Waals surface area (Å²) in [6.45, 7) is 2.21. The number of anilines is 2. The Kier molecular flexibility index (Phi) is 6.23. The van der Waals surface area contributed by atoms with Crippen LogP contribution in [0.3, 0.4) is 0 Å². The van der Waals surface area contributed by atoms with E-state index in [0.717, 1.165) is 10.4 Å². The highest BCUT2D eigenvalue weighted by Gasteiger charge is 2.46. The van der Waals surface area contributed by atoms with E-state index in [9.17, 15) is 14.4 Å². The van der Waals surface area contributed by atoms with Gasteiger partial charge in [-0.25, -0.2) is 9.69 Å². The fourth-order valence-corrected chi connectivity index (χ4v) is 4.28. The SMILES string of the molecule is COc1ccc(NC(=O)C[C@H]2C(=O)N(c3ccc(C)cc3)C(=O)N2Cc2cccs2)cc1. The molecule has 1 aromatic heterocycles. The Balaban J connectivity index is 1.56. The number of carbonyl (C=O) groups excluding carboxylic acids is 3. The molecular formula is C24H23N3O4S. The minimum absolute atomic E-state index is 0.135. The molecule has 164 valence electrons. The van der Waals surface area contributed by atoms with Gasteiger partial charge in [0.05, 0.1) is 25.8 Å². The minimum atomic E-state index is -0.885. The second-order valence-corrected chi connectivity index (χ2v) is 8.53. The van der Waals surface area contributed by atoms with E-state index in [0.29, 0.717) is 17.1 Å². The summed E-state index contributed by atoms with van der Waals surface area (Å²) in [6.07, 6.45) is -0.135. The Morgan fingerprint density at radius 3 is 2.41 bits per heavy atom. The highest BCUT2D eigenvalue weighted by Crippen LogP contribution is 2.29. The number of ether oxygens (including phenoxy) is 1. The molecule has 0 bridgehead atoms. The Bertz CT molecular complexity index is 1110. The number of hydrogen-bond donors (Lipinski definition) is 1. The van der Waals surface area contributed by atoms with E-state index in [2.05, 4.69) is 5.32 Å². The molecule has 1 aliphatic rings. The van der Waals surface area contributed by atoms with E-state index < -0.39 is 18.0 Å². The van der Waals surface area contributed by atoms with Crippen molar-refractivity contribution >= 4 is 40.6 Å². The lowest BCUT2D eigenvalue weighted by Gasteiger charge is -2.21. The summed E-state index contributed by atoms with van der Waals surface area (Å²) in [5.41, 5.74) is 2.12. The summed E-state index contributed by atoms with van der Waals surface area (Å²) in [4.78, 5) is 42.9. The topological polar surface area (TPSA) is 79.0 Å². The molecule has 0 aliphatic carbocycles. The minimum Gasteiger partial charge on any atom is -0.497 e. The Hall–Kier alpha value is -3.65. The lowest BCUT2D eigenvalue weighted by atomic mass is 10.1. The molecule has 2 heterocycles. The molecule has 0 radical (unpaired) electrons. The van der Waals surface area contributed by atoms with Gasteiger partial charge in [-0.15, -0.1) is 11.3 Å². The van der Waals surface area contributed by atoms with Crippen molar-refractivity contribution in [2.75, 3.05) is 17.3 Å². The van der Waals surface area contributed by atoms with E-state index in [1.165, 1.54) is 21.1 Å². The molecule has 1 aliphatic heterocycles. The second kappa shape index (κ2) is 9.23. The third-order valence-electron chi connectivity index (χ3n) is 5.27. The number of methoxy groups -OCH3 is 1. The van der Waals surface area contributed by atoms with Crippen molar-refractivity contribution in [3.8, 4) is 5.75 Å². The lowest BCUT2D eigenvalue weighted by Crippen LogP contribution is -2.37. The third-order valence-corrected chi connectivity index (χ3v) is 6.13. The van der Waals surface area contributed by atoms with Gasteiger partial charge in [0.2, 0.25) is 5.91 Å². The summed E-state index contributed by atoms with van der Waals surface area (Å²) in [7, 11) is 1.57. The smallest absolute Gasteiger partial charge is 0.332 e. The van der Waals surface area contributed by atoms with E-state index in [4.69, 9.17) is 4.74 Å². The molecule has 32 heavy (non-hydrogen) atoms. The summed E-state index contributed by atoms with van der Waals surface area (Å²) < 4.78 is 5.13. The van der Waals surface area contributed by atoms with E-state index in [1.54, 1.807) is 43.5 Å². The van der Waals surface area contributed by atoms with Crippen LogP contribution in [0.1, 0.15) is 16.9 Å². The Labute approximate surface area is 190 Å². The van der Waals surface area contributed by atoms with Gasteiger partial charge in [0.15, 0.2) is 0 Å². The first kappa shape index (κ1) is 21.6. The number of thiophene rings is 1. The molecule has 1 saturated heterocycles. The number of hydrogen-bond acceptors (Lipinski definition) is 5. The summed E-state index contributed by atoms with van der Waals surface area (Å²) in [6, 6.07) is 16.6. The molecule has 0 unspecified atom stereocenters. The van der Waals surface area contributed by atoms with Gasteiger partial charge in [-0.05, 0) is 54.8 Å². The van der Waals surface area contributed by atoms with Crippen LogP contribution in [0.4, 0.5) is 16.2 Å². The van der Waals surface area contributed by atoms with Crippen LogP contribution in [0, 0.1) is 6.92 Å². The van der Waals surface area contributed by atoms with Gasteiger partial charge < -0.3 is 15.0 Å². The van der Waals surface area contributed by atoms with Crippen LogP contribution < -0.4 is 15.0 Å². The zero-order valence-electron chi connectivity index (χ0n) is 17.8. The number of amides is 4. The zero-order chi connectivity index (χ0) is 22.7. The average Bonchev–Trinajstić information content (AvgIpc) is 3.38. The molecule has 7 nitrogen and oxygen atoms in total. The van der Waals surface area contributed by atoms with Crippen LogP contribution in [0.2, 0.25) is 0 Å². The quantitative estimate of drug-likeness (QED) is 0.541. The maximum Gasteiger partial charge on any atom is 0.332 e. The number of benzene rings is 2. The van der Waals surface area contributed by atoms with Gasteiger partial charge in [-0.3, -0.25) is 9.59 Å². The van der Waals surface area contributed by atoms with Crippen LogP contribution >= 0.6 is 11.3 Å². The average molecular weight is 450 g/mol. The molecule has 1 atom stereocenters. The standard InChI is InChI=1S/C24H23N3O4S/c1-16-5-9-18(10-6-16)27-23(29)21(26(24(27)30)15-20-4-3-13-32-20)14-22(28)25-17-7-11-19(31-2)12-8-17/h3-13,21H,14-15H2,1-2H3,(H,25,28)/t21-/m0/s1. The van der Waals surface area contributed by atoms with Crippen LogP contribution in [-0.4, -0.2) is 35.9 Å². The Morgan fingerprint density at radius 1 is 1.06 bits per heavy atom. The number of rotatable bonds is 7. The molecule has 2 aromatic carbocycles. The molecule has 3 aromatic rings. The number of nitrogens with zero attached hydrogens (tertiary/aromatic N) is 2. The lowest BCUT2D eigenvalue weighted by molar-refractivity contribution is -0.124. The molecule has 0 spiro atoms. The zero-order valence-corrected chi connectivity index (χ0v) is 18.6. The summed E-state index contributed by atoms with van der Waals surface area (Å²) in [5, 5.41) is 4.71. The first-order valence-corrected chi connectivity index (χ1v) is 11.0. The largest absolute Gasteiger partial charge is 0.497 e. The van der Waals surface area contributed by atoms with Crippen LogP contribution in [0.15, 0.2) is 66.0 Å². The summed E-state index contributed by atoms with van der Waals surface area (Å²) in [5.74, 6) is -0.0704.